The molecule has 0 aliphatic rings. The van der Waals surface area contributed by atoms with Gasteiger partial charge in [-0.2, -0.15) is 0 Å². The third-order valence-corrected chi connectivity index (χ3v) is 3.17. The standard InChI is InChI=1S/C12H15Br2F2NO/c13-5-6-17(9-12(15)16)7-8-18-11-3-1-10(14)2-4-11/h1-4,12H,5-9H2. The van der Waals surface area contributed by atoms with Gasteiger partial charge in [-0.1, -0.05) is 31.9 Å². The van der Waals surface area contributed by atoms with Gasteiger partial charge in [0, 0.05) is 22.9 Å². The normalized spacial score (nSPS) is 11.2. The van der Waals surface area contributed by atoms with E-state index < -0.39 is 6.43 Å². The van der Waals surface area contributed by atoms with E-state index in [2.05, 4.69) is 31.9 Å². The van der Waals surface area contributed by atoms with Crippen molar-refractivity contribution in [2.24, 2.45) is 0 Å². The molecule has 0 aliphatic heterocycles. The Kier molecular flexibility index (Phi) is 7.77. The summed E-state index contributed by atoms with van der Waals surface area (Å²) in [5.41, 5.74) is 0. The summed E-state index contributed by atoms with van der Waals surface area (Å²) < 4.78 is 31.1. The maximum atomic E-state index is 12.3. The van der Waals surface area contributed by atoms with Crippen LogP contribution in [0.3, 0.4) is 0 Å². The topological polar surface area (TPSA) is 12.5 Å². The first kappa shape index (κ1) is 15.9. The Morgan fingerprint density at radius 2 is 1.83 bits per heavy atom. The summed E-state index contributed by atoms with van der Waals surface area (Å²) >= 11 is 6.58. The van der Waals surface area contributed by atoms with Crippen LogP contribution in [0.15, 0.2) is 28.7 Å². The van der Waals surface area contributed by atoms with Gasteiger partial charge in [0.25, 0.3) is 6.43 Å². The first-order valence-corrected chi connectivity index (χ1v) is 7.48. The third-order valence-electron chi connectivity index (χ3n) is 2.29. The average Bonchev–Trinajstić information content (AvgIpc) is 2.31. The molecule has 1 aromatic carbocycles. The molecule has 0 amide bonds. The van der Waals surface area contributed by atoms with Crippen LogP contribution in [0, 0.1) is 0 Å². The van der Waals surface area contributed by atoms with Crippen molar-refractivity contribution >= 4 is 31.9 Å². The van der Waals surface area contributed by atoms with E-state index in [9.17, 15) is 8.78 Å². The highest BCUT2D eigenvalue weighted by Crippen LogP contribution is 2.16. The minimum atomic E-state index is -2.31. The first-order chi connectivity index (χ1) is 8.61. The van der Waals surface area contributed by atoms with Crippen LogP contribution < -0.4 is 4.74 Å². The molecular formula is C12H15Br2F2NO. The van der Waals surface area contributed by atoms with E-state index in [4.69, 9.17) is 4.74 Å². The lowest BCUT2D eigenvalue weighted by Crippen LogP contribution is -2.34. The molecule has 0 unspecified atom stereocenters. The number of nitrogens with zero attached hydrogens (tertiary/aromatic N) is 1. The molecule has 0 radical (unpaired) electrons. The molecule has 18 heavy (non-hydrogen) atoms. The molecule has 0 heterocycles. The van der Waals surface area contributed by atoms with Gasteiger partial charge in [0.15, 0.2) is 0 Å². The quantitative estimate of drug-likeness (QED) is 0.630. The van der Waals surface area contributed by atoms with Gasteiger partial charge in [0.1, 0.15) is 12.4 Å². The van der Waals surface area contributed by atoms with Crippen molar-refractivity contribution in [1.82, 2.24) is 4.90 Å². The molecule has 0 aromatic heterocycles. The number of benzene rings is 1. The van der Waals surface area contributed by atoms with E-state index >= 15 is 0 Å². The number of ether oxygens (including phenoxy) is 1. The van der Waals surface area contributed by atoms with Gasteiger partial charge in [-0.15, -0.1) is 0 Å². The predicted molar refractivity (Wildman–Crippen MR) is 75.9 cm³/mol. The van der Waals surface area contributed by atoms with Gasteiger partial charge in [-0.3, -0.25) is 4.90 Å². The van der Waals surface area contributed by atoms with E-state index in [0.29, 0.717) is 25.0 Å². The Morgan fingerprint density at radius 3 is 2.39 bits per heavy atom. The van der Waals surface area contributed by atoms with E-state index in [1.807, 2.05) is 24.3 Å². The fraction of sp³-hybridized carbons (Fsp3) is 0.500. The van der Waals surface area contributed by atoms with Gasteiger partial charge < -0.3 is 4.74 Å². The summed E-state index contributed by atoms with van der Waals surface area (Å²) in [6.45, 7) is 1.27. The van der Waals surface area contributed by atoms with Gasteiger partial charge in [-0.05, 0) is 24.3 Å². The monoisotopic (exact) mass is 385 g/mol. The van der Waals surface area contributed by atoms with E-state index in [1.165, 1.54) is 0 Å². The second-order valence-corrected chi connectivity index (χ2v) is 5.39. The predicted octanol–water partition coefficient (Wildman–Crippen LogP) is 3.79. The maximum Gasteiger partial charge on any atom is 0.251 e. The van der Waals surface area contributed by atoms with Crippen LogP contribution in [0.5, 0.6) is 5.75 Å². The summed E-state index contributed by atoms with van der Waals surface area (Å²) in [4.78, 5) is 1.68. The molecule has 0 fully saturated rings. The zero-order chi connectivity index (χ0) is 13.4. The fourth-order valence-corrected chi connectivity index (χ4v) is 2.20. The molecule has 1 rings (SSSR count). The second-order valence-electron chi connectivity index (χ2n) is 3.68. The molecule has 2 nitrogen and oxygen atoms in total. The van der Waals surface area contributed by atoms with Crippen molar-refractivity contribution in [1.29, 1.82) is 0 Å². The van der Waals surface area contributed by atoms with E-state index in [-0.39, 0.29) is 6.54 Å². The second kappa shape index (κ2) is 8.82. The molecule has 0 saturated carbocycles. The summed E-state index contributed by atoms with van der Waals surface area (Å²) in [6, 6.07) is 7.44. The highest BCUT2D eigenvalue weighted by Gasteiger charge is 2.11. The minimum Gasteiger partial charge on any atom is -0.492 e. The highest BCUT2D eigenvalue weighted by atomic mass is 79.9. The Balaban J connectivity index is 2.31. The molecule has 0 saturated heterocycles. The lowest BCUT2D eigenvalue weighted by Gasteiger charge is -2.20. The number of alkyl halides is 3. The zero-order valence-electron chi connectivity index (χ0n) is 9.79. The van der Waals surface area contributed by atoms with Gasteiger partial charge in [0.2, 0.25) is 0 Å². The number of halogens is 4. The Bertz CT molecular complexity index is 335. The smallest absolute Gasteiger partial charge is 0.251 e. The van der Waals surface area contributed by atoms with Crippen molar-refractivity contribution in [2.75, 3.05) is 31.6 Å². The molecule has 0 spiro atoms. The van der Waals surface area contributed by atoms with Crippen molar-refractivity contribution in [3.05, 3.63) is 28.7 Å². The molecule has 102 valence electrons. The zero-order valence-corrected chi connectivity index (χ0v) is 13.0. The van der Waals surface area contributed by atoms with Crippen LogP contribution in [-0.2, 0) is 0 Å². The van der Waals surface area contributed by atoms with E-state index in [1.54, 1.807) is 4.90 Å². The molecule has 0 aliphatic carbocycles. The van der Waals surface area contributed by atoms with Gasteiger partial charge >= 0.3 is 0 Å². The van der Waals surface area contributed by atoms with Crippen LogP contribution in [0.1, 0.15) is 0 Å². The highest BCUT2D eigenvalue weighted by molar-refractivity contribution is 9.10. The number of hydrogen-bond acceptors (Lipinski definition) is 2. The van der Waals surface area contributed by atoms with Gasteiger partial charge in [0.05, 0.1) is 6.54 Å². The summed E-state index contributed by atoms with van der Waals surface area (Å²) in [5.74, 6) is 0.744. The SMILES string of the molecule is FC(F)CN(CCBr)CCOc1ccc(Br)cc1. The first-order valence-electron chi connectivity index (χ1n) is 5.56. The summed E-state index contributed by atoms with van der Waals surface area (Å²) in [5, 5.41) is 0.679. The minimum absolute atomic E-state index is 0.213. The largest absolute Gasteiger partial charge is 0.492 e. The lowest BCUT2D eigenvalue weighted by molar-refractivity contribution is 0.0840. The Hall–Kier alpha value is -0.200. The molecule has 6 heteroatoms. The van der Waals surface area contributed by atoms with Crippen LogP contribution in [0.2, 0.25) is 0 Å². The van der Waals surface area contributed by atoms with Crippen LogP contribution >= 0.6 is 31.9 Å². The van der Waals surface area contributed by atoms with Gasteiger partial charge in [-0.25, -0.2) is 8.78 Å². The lowest BCUT2D eigenvalue weighted by atomic mass is 10.3. The molecule has 0 bridgehead atoms. The van der Waals surface area contributed by atoms with Crippen molar-refractivity contribution in [2.45, 2.75) is 6.43 Å². The number of hydrogen-bond donors (Lipinski definition) is 0. The van der Waals surface area contributed by atoms with Crippen molar-refractivity contribution in [3.63, 3.8) is 0 Å². The molecule has 0 N–H and O–H groups in total. The Labute approximate surface area is 123 Å². The maximum absolute atomic E-state index is 12.3. The summed E-state index contributed by atoms with van der Waals surface area (Å²) in [7, 11) is 0. The van der Waals surface area contributed by atoms with Crippen LogP contribution in [0.4, 0.5) is 8.78 Å². The molecular weight excluding hydrogens is 372 g/mol. The third kappa shape index (κ3) is 6.66. The van der Waals surface area contributed by atoms with E-state index in [0.717, 1.165) is 10.2 Å². The molecule has 0 atom stereocenters. The fourth-order valence-electron chi connectivity index (χ4n) is 1.43. The number of rotatable bonds is 8. The van der Waals surface area contributed by atoms with Crippen molar-refractivity contribution < 1.29 is 13.5 Å². The summed E-state index contributed by atoms with van der Waals surface area (Å²) in [6.07, 6.45) is -2.31. The van der Waals surface area contributed by atoms with Crippen molar-refractivity contribution in [3.8, 4) is 5.75 Å². The van der Waals surface area contributed by atoms with Crippen LogP contribution in [-0.4, -0.2) is 42.9 Å². The Morgan fingerprint density at radius 1 is 1.17 bits per heavy atom. The average molecular weight is 387 g/mol. The van der Waals surface area contributed by atoms with Crippen LogP contribution in [0.25, 0.3) is 0 Å². The molecule has 1 aromatic rings.